The number of likely N-dealkylation sites (tertiary alicyclic amines) is 1. The van der Waals surface area contributed by atoms with Gasteiger partial charge in [-0.2, -0.15) is 0 Å². The maximum Gasteiger partial charge on any atom is 0.0211 e. The van der Waals surface area contributed by atoms with Crippen LogP contribution in [0, 0.1) is 17.3 Å². The van der Waals surface area contributed by atoms with Gasteiger partial charge in [0.05, 0.1) is 0 Å². The number of hydrogen-bond acceptors (Lipinski definition) is 3. The van der Waals surface area contributed by atoms with E-state index in [-0.39, 0.29) is 0 Å². The van der Waals surface area contributed by atoms with Gasteiger partial charge in [-0.3, -0.25) is 4.90 Å². The van der Waals surface area contributed by atoms with Crippen LogP contribution in [0.15, 0.2) is 0 Å². The molecule has 3 nitrogen and oxygen atoms in total. The minimum absolute atomic E-state index is 0.591. The normalized spacial score (nSPS) is 38.6. The number of rotatable bonds is 5. The molecule has 0 amide bonds. The van der Waals surface area contributed by atoms with Crippen LogP contribution < -0.4 is 0 Å². The second-order valence-corrected chi connectivity index (χ2v) is 10.4. The summed E-state index contributed by atoms with van der Waals surface area (Å²) >= 11 is 0. The van der Waals surface area contributed by atoms with Gasteiger partial charge < -0.3 is 9.80 Å². The van der Waals surface area contributed by atoms with Gasteiger partial charge in [-0.25, -0.2) is 0 Å². The van der Waals surface area contributed by atoms with Gasteiger partial charge in [-0.1, -0.05) is 13.8 Å². The standard InChI is InChI=1S/C22H41N3/c1-18(2)21-5-8-22(9-6-21,10-7-21)25-13-11-23(12-14-25)15-20-16-24(17-20)19(3)4/h18-20H,5-17H2,1-4H3. The van der Waals surface area contributed by atoms with Gasteiger partial charge in [0.2, 0.25) is 0 Å². The molecule has 0 aromatic rings. The number of hydrogen-bond donors (Lipinski definition) is 0. The molecule has 2 bridgehead atoms. The first-order valence-electron chi connectivity index (χ1n) is 11.1. The van der Waals surface area contributed by atoms with Crippen LogP contribution >= 0.6 is 0 Å². The minimum Gasteiger partial charge on any atom is -0.300 e. The Balaban J connectivity index is 1.25. The second kappa shape index (κ2) is 6.80. The van der Waals surface area contributed by atoms with E-state index in [1.54, 1.807) is 0 Å². The fourth-order valence-corrected chi connectivity index (χ4v) is 6.45. The molecule has 0 spiro atoms. The zero-order valence-electron chi connectivity index (χ0n) is 17.3. The first-order chi connectivity index (χ1) is 11.9. The maximum absolute atomic E-state index is 2.92. The van der Waals surface area contributed by atoms with Gasteiger partial charge in [-0.15, -0.1) is 0 Å². The largest absolute Gasteiger partial charge is 0.300 e. The molecule has 3 heteroatoms. The smallest absolute Gasteiger partial charge is 0.0211 e. The van der Waals surface area contributed by atoms with E-state index in [4.69, 9.17) is 0 Å². The number of piperazine rings is 1. The molecule has 144 valence electrons. The van der Waals surface area contributed by atoms with Gasteiger partial charge in [-0.05, 0) is 69.6 Å². The summed E-state index contributed by atoms with van der Waals surface area (Å²) in [7, 11) is 0. The summed E-state index contributed by atoms with van der Waals surface area (Å²) in [5.74, 6) is 1.82. The molecule has 2 heterocycles. The molecule has 25 heavy (non-hydrogen) atoms. The van der Waals surface area contributed by atoms with E-state index in [0.717, 1.165) is 17.9 Å². The Morgan fingerprint density at radius 1 is 0.800 bits per heavy atom. The predicted molar refractivity (Wildman–Crippen MR) is 106 cm³/mol. The third kappa shape index (κ3) is 3.30. The summed E-state index contributed by atoms with van der Waals surface area (Å²) in [5.41, 5.74) is 1.30. The van der Waals surface area contributed by atoms with Gasteiger partial charge in [0, 0.05) is 57.4 Å². The van der Waals surface area contributed by atoms with E-state index in [0.29, 0.717) is 11.0 Å². The lowest BCUT2D eigenvalue weighted by Gasteiger charge is -2.60. The summed E-state index contributed by atoms with van der Waals surface area (Å²) in [5, 5.41) is 0. The summed E-state index contributed by atoms with van der Waals surface area (Å²) < 4.78 is 0. The first kappa shape index (κ1) is 18.3. The van der Waals surface area contributed by atoms with Crippen molar-refractivity contribution >= 4 is 0 Å². The topological polar surface area (TPSA) is 9.72 Å². The third-order valence-corrected chi connectivity index (χ3v) is 8.76. The van der Waals surface area contributed by atoms with E-state index in [9.17, 15) is 0 Å². The number of fused-ring (bicyclic) bond motifs is 3. The fourth-order valence-electron chi connectivity index (χ4n) is 6.45. The average Bonchev–Trinajstić information content (AvgIpc) is 2.59. The van der Waals surface area contributed by atoms with Crippen molar-refractivity contribution in [3.05, 3.63) is 0 Å². The van der Waals surface area contributed by atoms with Crippen LogP contribution in [0.4, 0.5) is 0 Å². The fraction of sp³-hybridized carbons (Fsp3) is 1.00. The molecule has 5 rings (SSSR count). The van der Waals surface area contributed by atoms with Gasteiger partial charge >= 0.3 is 0 Å². The summed E-state index contributed by atoms with van der Waals surface area (Å²) in [6, 6.07) is 0.739. The number of nitrogens with zero attached hydrogens (tertiary/aromatic N) is 3. The Bertz CT molecular complexity index is 433. The van der Waals surface area contributed by atoms with Crippen LogP contribution in [-0.4, -0.2) is 72.1 Å². The average molecular weight is 348 g/mol. The lowest BCUT2D eigenvalue weighted by atomic mass is 9.53. The summed E-state index contributed by atoms with van der Waals surface area (Å²) in [6.07, 6.45) is 8.94. The molecule has 0 aromatic carbocycles. The Morgan fingerprint density at radius 3 is 1.84 bits per heavy atom. The maximum atomic E-state index is 2.92. The van der Waals surface area contributed by atoms with Gasteiger partial charge in [0.1, 0.15) is 0 Å². The molecule has 2 aliphatic heterocycles. The van der Waals surface area contributed by atoms with Crippen molar-refractivity contribution in [2.75, 3.05) is 45.8 Å². The van der Waals surface area contributed by atoms with Gasteiger partial charge in [0.15, 0.2) is 0 Å². The third-order valence-electron chi connectivity index (χ3n) is 8.76. The molecule has 5 aliphatic rings. The zero-order valence-corrected chi connectivity index (χ0v) is 17.3. The van der Waals surface area contributed by atoms with Crippen LogP contribution in [0.2, 0.25) is 0 Å². The predicted octanol–water partition coefficient (Wildman–Crippen LogP) is 3.69. The van der Waals surface area contributed by atoms with Crippen molar-refractivity contribution in [3.63, 3.8) is 0 Å². The Kier molecular flexibility index (Phi) is 4.96. The van der Waals surface area contributed by atoms with Crippen LogP contribution in [0.1, 0.15) is 66.2 Å². The highest BCUT2D eigenvalue weighted by Crippen LogP contribution is 2.57. The molecule has 2 saturated heterocycles. The van der Waals surface area contributed by atoms with Crippen molar-refractivity contribution in [1.29, 1.82) is 0 Å². The molecule has 0 aromatic heterocycles. The first-order valence-corrected chi connectivity index (χ1v) is 11.1. The van der Waals surface area contributed by atoms with E-state index in [2.05, 4.69) is 42.4 Å². The van der Waals surface area contributed by atoms with Crippen LogP contribution in [0.3, 0.4) is 0 Å². The Labute approximate surface area is 156 Å². The Morgan fingerprint density at radius 2 is 1.36 bits per heavy atom. The summed E-state index contributed by atoms with van der Waals surface area (Å²) in [6.45, 7) is 18.9. The minimum atomic E-state index is 0.591. The highest BCUT2D eigenvalue weighted by atomic mass is 15.3. The molecular formula is C22H41N3. The molecule has 0 atom stereocenters. The van der Waals surface area contributed by atoms with E-state index < -0.39 is 0 Å². The van der Waals surface area contributed by atoms with Crippen molar-refractivity contribution < 1.29 is 0 Å². The van der Waals surface area contributed by atoms with Crippen LogP contribution in [0.5, 0.6) is 0 Å². The van der Waals surface area contributed by atoms with Crippen molar-refractivity contribution in [2.24, 2.45) is 17.3 Å². The molecule has 0 unspecified atom stereocenters. The van der Waals surface area contributed by atoms with E-state index in [1.807, 2.05) is 0 Å². The SMILES string of the molecule is CC(C)N1CC(CN2CCN(C34CCC(C(C)C)(CC3)CC4)CC2)C1. The van der Waals surface area contributed by atoms with Crippen molar-refractivity contribution in [1.82, 2.24) is 14.7 Å². The zero-order chi connectivity index (χ0) is 17.7. The van der Waals surface area contributed by atoms with E-state index >= 15 is 0 Å². The van der Waals surface area contributed by atoms with Crippen molar-refractivity contribution in [2.45, 2.75) is 77.8 Å². The highest BCUT2D eigenvalue weighted by Gasteiger charge is 2.52. The summed E-state index contributed by atoms with van der Waals surface area (Å²) in [4.78, 5) is 8.30. The lowest BCUT2D eigenvalue weighted by Crippen LogP contribution is -2.63. The lowest BCUT2D eigenvalue weighted by molar-refractivity contribution is -0.0891. The van der Waals surface area contributed by atoms with Crippen LogP contribution in [0.25, 0.3) is 0 Å². The molecular weight excluding hydrogens is 306 g/mol. The highest BCUT2D eigenvalue weighted by molar-refractivity contribution is 5.07. The second-order valence-electron chi connectivity index (χ2n) is 10.4. The molecule has 5 fully saturated rings. The van der Waals surface area contributed by atoms with E-state index in [1.165, 1.54) is 84.3 Å². The van der Waals surface area contributed by atoms with Crippen LogP contribution in [-0.2, 0) is 0 Å². The molecule has 3 aliphatic carbocycles. The molecule has 0 N–H and O–H groups in total. The molecule has 3 saturated carbocycles. The van der Waals surface area contributed by atoms with Crippen molar-refractivity contribution in [3.8, 4) is 0 Å². The molecule has 0 radical (unpaired) electrons. The monoisotopic (exact) mass is 347 g/mol. The quantitative estimate of drug-likeness (QED) is 0.751. The Hall–Kier alpha value is -0.120. The van der Waals surface area contributed by atoms with Gasteiger partial charge in [0.25, 0.3) is 0 Å².